The van der Waals surface area contributed by atoms with Crippen LogP contribution in [0, 0.1) is 22.7 Å². The van der Waals surface area contributed by atoms with Crippen molar-refractivity contribution < 1.29 is 19.2 Å². The number of nitrogens with zero attached hydrogens (tertiary/aromatic N) is 2. The minimum Gasteiger partial charge on any atom is -0.368 e. The number of nitrogens with one attached hydrogen (secondary N) is 1. The second kappa shape index (κ2) is 7.51. The van der Waals surface area contributed by atoms with Crippen LogP contribution in [0.5, 0.6) is 0 Å². The summed E-state index contributed by atoms with van der Waals surface area (Å²) in [6.45, 7) is 10.9. The first-order valence-electron chi connectivity index (χ1n) is 10.7. The predicted octanol–water partition coefficient (Wildman–Crippen LogP) is -0.565. The highest BCUT2D eigenvalue weighted by Gasteiger charge is 2.69. The van der Waals surface area contributed by atoms with E-state index in [0.717, 1.165) is 6.42 Å². The standard InChI is InChI=1S/C21H35N5O4/c1-20(2,3)16(22)19(30)26-9-11-14(21(11,4)5)15(26)18(29)24-12(17(23)28)10-25-8-6-7-13(25)27/h11-12,14-16H,6-10,22H2,1-5H3,(H2,23,28)(H,24,29)/t11-,12?,14-,15-,16+/m0/s1. The van der Waals surface area contributed by atoms with Crippen molar-refractivity contribution in [2.24, 2.45) is 34.1 Å². The molecule has 168 valence electrons. The lowest BCUT2D eigenvalue weighted by molar-refractivity contribution is -0.143. The first-order chi connectivity index (χ1) is 13.8. The first kappa shape index (κ1) is 22.5. The number of primary amides is 1. The lowest BCUT2D eigenvalue weighted by Gasteiger charge is -2.36. The molecule has 1 saturated carbocycles. The van der Waals surface area contributed by atoms with Gasteiger partial charge in [-0.3, -0.25) is 19.2 Å². The Hall–Kier alpha value is -2.16. The topological polar surface area (TPSA) is 139 Å². The number of nitrogens with two attached hydrogens (primary N) is 2. The van der Waals surface area contributed by atoms with E-state index in [0.29, 0.717) is 19.5 Å². The second-order valence-electron chi connectivity index (χ2n) is 10.6. The van der Waals surface area contributed by atoms with Gasteiger partial charge in [-0.2, -0.15) is 0 Å². The van der Waals surface area contributed by atoms with Crippen molar-refractivity contribution in [1.29, 1.82) is 0 Å². The molecular weight excluding hydrogens is 386 g/mol. The number of hydrogen-bond acceptors (Lipinski definition) is 5. The van der Waals surface area contributed by atoms with E-state index in [1.807, 2.05) is 20.8 Å². The van der Waals surface area contributed by atoms with E-state index >= 15 is 0 Å². The lowest BCUT2D eigenvalue weighted by atomic mass is 9.86. The van der Waals surface area contributed by atoms with Gasteiger partial charge in [0.05, 0.1) is 6.04 Å². The minimum atomic E-state index is -0.992. The van der Waals surface area contributed by atoms with Crippen molar-refractivity contribution >= 4 is 23.6 Å². The van der Waals surface area contributed by atoms with Crippen LogP contribution in [0.1, 0.15) is 47.5 Å². The average molecular weight is 422 g/mol. The highest BCUT2D eigenvalue weighted by atomic mass is 16.2. The number of amides is 4. The molecule has 0 aromatic carbocycles. The van der Waals surface area contributed by atoms with Crippen LogP contribution in [-0.2, 0) is 19.2 Å². The van der Waals surface area contributed by atoms with Gasteiger partial charge >= 0.3 is 0 Å². The zero-order valence-electron chi connectivity index (χ0n) is 18.6. The Morgan fingerprint density at radius 3 is 2.40 bits per heavy atom. The molecule has 2 saturated heterocycles. The molecule has 0 aromatic heterocycles. The number of likely N-dealkylation sites (tertiary alicyclic amines) is 2. The highest BCUT2D eigenvalue weighted by molar-refractivity contribution is 5.94. The summed E-state index contributed by atoms with van der Waals surface area (Å²) in [6.07, 6.45) is 1.17. The third-order valence-corrected chi connectivity index (χ3v) is 7.19. The van der Waals surface area contributed by atoms with Crippen molar-refractivity contribution in [3.05, 3.63) is 0 Å². The summed E-state index contributed by atoms with van der Waals surface area (Å²) in [4.78, 5) is 53.4. The van der Waals surface area contributed by atoms with Crippen molar-refractivity contribution in [2.75, 3.05) is 19.6 Å². The van der Waals surface area contributed by atoms with Gasteiger partial charge in [0.1, 0.15) is 12.1 Å². The summed E-state index contributed by atoms with van der Waals surface area (Å²) in [5.74, 6) is -1.18. The van der Waals surface area contributed by atoms with Crippen molar-refractivity contribution in [1.82, 2.24) is 15.1 Å². The molecule has 1 unspecified atom stereocenters. The minimum absolute atomic E-state index is 0.00978. The van der Waals surface area contributed by atoms with Crippen molar-refractivity contribution in [3.63, 3.8) is 0 Å². The Bertz CT molecular complexity index is 759. The molecule has 5 atom stereocenters. The molecule has 3 aliphatic rings. The molecule has 30 heavy (non-hydrogen) atoms. The SMILES string of the molecule is CC(C)(C)[C@H](N)C(=O)N1C[C@H]2[C@@H]([C@H]1C(=O)NC(CN1CCCC1=O)C(N)=O)C2(C)C. The van der Waals surface area contributed by atoms with E-state index in [-0.39, 0.29) is 35.6 Å². The Balaban J connectivity index is 1.77. The molecule has 5 N–H and O–H groups in total. The Labute approximate surface area is 177 Å². The van der Waals surface area contributed by atoms with Gasteiger partial charge in [0.25, 0.3) is 0 Å². The van der Waals surface area contributed by atoms with E-state index < -0.39 is 35.4 Å². The molecular formula is C21H35N5O4. The van der Waals surface area contributed by atoms with E-state index in [9.17, 15) is 19.2 Å². The highest BCUT2D eigenvalue weighted by Crippen LogP contribution is 2.65. The molecule has 0 radical (unpaired) electrons. The number of carbonyl (C=O) groups is 4. The van der Waals surface area contributed by atoms with E-state index in [1.54, 1.807) is 9.80 Å². The van der Waals surface area contributed by atoms with Crippen LogP contribution < -0.4 is 16.8 Å². The Morgan fingerprint density at radius 1 is 1.27 bits per heavy atom. The van der Waals surface area contributed by atoms with Gasteiger partial charge in [-0.05, 0) is 29.1 Å². The maximum Gasteiger partial charge on any atom is 0.243 e. The zero-order valence-corrected chi connectivity index (χ0v) is 18.6. The predicted molar refractivity (Wildman–Crippen MR) is 111 cm³/mol. The lowest BCUT2D eigenvalue weighted by Crippen LogP contribution is -2.60. The average Bonchev–Trinajstić information content (AvgIpc) is 3.01. The number of fused-ring (bicyclic) bond motifs is 1. The largest absolute Gasteiger partial charge is 0.368 e. The number of carbonyl (C=O) groups excluding carboxylic acids is 4. The quantitative estimate of drug-likeness (QED) is 0.527. The van der Waals surface area contributed by atoms with Crippen LogP contribution in [0.2, 0.25) is 0 Å². The fourth-order valence-electron chi connectivity index (χ4n) is 4.94. The summed E-state index contributed by atoms with van der Waals surface area (Å²) in [6, 6.07) is -2.42. The fraction of sp³-hybridized carbons (Fsp3) is 0.810. The summed E-state index contributed by atoms with van der Waals surface area (Å²) in [5, 5.41) is 2.72. The third-order valence-electron chi connectivity index (χ3n) is 7.19. The van der Waals surface area contributed by atoms with Crippen LogP contribution in [0.15, 0.2) is 0 Å². The second-order valence-corrected chi connectivity index (χ2v) is 10.6. The number of rotatable bonds is 6. The molecule has 2 heterocycles. The van der Waals surface area contributed by atoms with Crippen LogP contribution in [0.3, 0.4) is 0 Å². The van der Waals surface area contributed by atoms with Gasteiger partial charge in [0.15, 0.2) is 0 Å². The summed E-state index contributed by atoms with van der Waals surface area (Å²) in [5.41, 5.74) is 11.2. The Morgan fingerprint density at radius 2 is 1.90 bits per heavy atom. The van der Waals surface area contributed by atoms with Crippen LogP contribution in [0.4, 0.5) is 0 Å². The molecule has 0 bridgehead atoms. The van der Waals surface area contributed by atoms with Gasteiger partial charge in [0, 0.05) is 26.1 Å². The van der Waals surface area contributed by atoms with Crippen LogP contribution >= 0.6 is 0 Å². The molecule has 1 aliphatic carbocycles. The van der Waals surface area contributed by atoms with Gasteiger partial charge < -0.3 is 26.6 Å². The summed E-state index contributed by atoms with van der Waals surface area (Å²) in [7, 11) is 0. The van der Waals surface area contributed by atoms with E-state index in [1.165, 1.54) is 0 Å². The number of piperidine rings is 1. The van der Waals surface area contributed by atoms with E-state index in [4.69, 9.17) is 11.5 Å². The van der Waals surface area contributed by atoms with Gasteiger partial charge in [-0.15, -0.1) is 0 Å². The monoisotopic (exact) mass is 421 g/mol. The summed E-state index contributed by atoms with van der Waals surface area (Å²) >= 11 is 0. The van der Waals surface area contributed by atoms with Gasteiger partial charge in [-0.25, -0.2) is 0 Å². The third kappa shape index (κ3) is 3.91. The first-order valence-corrected chi connectivity index (χ1v) is 10.7. The molecule has 0 aromatic rings. The molecule has 9 nitrogen and oxygen atoms in total. The fourth-order valence-corrected chi connectivity index (χ4v) is 4.94. The van der Waals surface area contributed by atoms with Crippen molar-refractivity contribution in [2.45, 2.75) is 65.6 Å². The molecule has 9 heteroatoms. The molecule has 3 fully saturated rings. The van der Waals surface area contributed by atoms with E-state index in [2.05, 4.69) is 19.2 Å². The number of hydrogen-bond donors (Lipinski definition) is 3. The molecule has 4 amide bonds. The normalized spacial score (nSPS) is 29.4. The smallest absolute Gasteiger partial charge is 0.243 e. The summed E-state index contributed by atoms with van der Waals surface area (Å²) < 4.78 is 0. The molecule has 0 spiro atoms. The maximum atomic E-state index is 13.3. The van der Waals surface area contributed by atoms with Gasteiger partial charge in [-0.1, -0.05) is 34.6 Å². The van der Waals surface area contributed by atoms with Crippen molar-refractivity contribution in [3.8, 4) is 0 Å². The Kier molecular flexibility index (Phi) is 5.64. The molecule has 2 aliphatic heterocycles. The maximum absolute atomic E-state index is 13.3. The van der Waals surface area contributed by atoms with Crippen LogP contribution in [0.25, 0.3) is 0 Å². The molecule has 3 rings (SSSR count). The zero-order chi connectivity index (χ0) is 22.6. The van der Waals surface area contributed by atoms with Gasteiger partial charge in [0.2, 0.25) is 23.6 Å². The van der Waals surface area contributed by atoms with Crippen LogP contribution in [-0.4, -0.2) is 71.2 Å².